The van der Waals surface area contributed by atoms with Gasteiger partial charge in [-0.1, -0.05) is 0 Å². The second-order valence-corrected chi connectivity index (χ2v) is 4.83. The first-order chi connectivity index (χ1) is 7.63. The summed E-state index contributed by atoms with van der Waals surface area (Å²) in [5.41, 5.74) is 2.00. The zero-order chi connectivity index (χ0) is 11.7. The molecule has 4 heteroatoms. The molecule has 1 aromatic heterocycles. The second-order valence-electron chi connectivity index (χ2n) is 4.83. The number of likely N-dealkylation sites (tertiary alicyclic amines) is 1. The van der Waals surface area contributed by atoms with Crippen LogP contribution in [0.25, 0.3) is 0 Å². The van der Waals surface area contributed by atoms with Crippen molar-refractivity contribution >= 4 is 0 Å². The van der Waals surface area contributed by atoms with Crippen LogP contribution in [0.2, 0.25) is 0 Å². The summed E-state index contributed by atoms with van der Waals surface area (Å²) < 4.78 is 1.78. The Morgan fingerprint density at radius 3 is 2.88 bits per heavy atom. The average Bonchev–Trinajstić information content (AvgIpc) is 2.82. The van der Waals surface area contributed by atoms with Gasteiger partial charge in [-0.25, -0.2) is 0 Å². The summed E-state index contributed by atoms with van der Waals surface area (Å²) in [7, 11) is 1.89. The molecule has 1 N–H and O–H groups in total. The van der Waals surface area contributed by atoms with Crippen molar-refractivity contribution in [1.82, 2.24) is 14.7 Å². The van der Waals surface area contributed by atoms with Crippen molar-refractivity contribution in [3.05, 3.63) is 17.5 Å². The topological polar surface area (TPSA) is 41.3 Å². The van der Waals surface area contributed by atoms with Crippen LogP contribution < -0.4 is 0 Å². The van der Waals surface area contributed by atoms with Gasteiger partial charge >= 0.3 is 0 Å². The lowest BCUT2D eigenvalue weighted by molar-refractivity contribution is 0.201. The number of aliphatic hydroxyl groups excluding tert-OH is 1. The summed E-state index contributed by atoms with van der Waals surface area (Å²) in [5, 5.41) is 13.7. The number of aliphatic hydroxyl groups is 1. The van der Waals surface area contributed by atoms with E-state index in [0.29, 0.717) is 12.1 Å². The molecule has 1 aromatic rings. The lowest BCUT2D eigenvalue weighted by atomic mass is 10.1. The third-order valence-electron chi connectivity index (χ3n) is 3.46. The third kappa shape index (κ3) is 1.99. The van der Waals surface area contributed by atoms with Gasteiger partial charge < -0.3 is 5.11 Å². The highest BCUT2D eigenvalue weighted by molar-refractivity contribution is 5.15. The largest absolute Gasteiger partial charge is 0.390 e. The molecule has 0 aliphatic carbocycles. The molecule has 2 heterocycles. The summed E-state index contributed by atoms with van der Waals surface area (Å²) in [4.78, 5) is 2.49. The summed E-state index contributed by atoms with van der Waals surface area (Å²) in [5.74, 6) is 0. The van der Waals surface area contributed by atoms with Crippen LogP contribution in [0.5, 0.6) is 0 Å². The molecule has 0 bridgehead atoms. The van der Waals surface area contributed by atoms with Crippen LogP contribution >= 0.6 is 0 Å². The Bertz CT molecular complexity index is 359. The molecule has 1 aliphatic heterocycles. The maximum atomic E-state index is 9.18. The number of rotatable bonds is 3. The van der Waals surface area contributed by atoms with Crippen LogP contribution in [0.15, 0.2) is 6.07 Å². The van der Waals surface area contributed by atoms with Gasteiger partial charge in [0.1, 0.15) is 0 Å². The molecule has 1 unspecified atom stereocenters. The van der Waals surface area contributed by atoms with Crippen LogP contribution in [0, 0.1) is 0 Å². The molecule has 1 fully saturated rings. The molecular formula is C12H21N3O. The first-order valence-corrected chi connectivity index (χ1v) is 6.03. The van der Waals surface area contributed by atoms with Gasteiger partial charge in [-0.15, -0.1) is 0 Å². The minimum absolute atomic E-state index is 0.0674. The Morgan fingerprint density at radius 2 is 2.31 bits per heavy atom. The fourth-order valence-electron chi connectivity index (χ4n) is 2.57. The standard InChI is InChI=1S/C12H21N3O/c1-9(2)15-6-4-5-12(15)11-7-10(8-16)14(3)13-11/h7,9,12,16H,4-6,8H2,1-3H3. The van der Waals surface area contributed by atoms with Crippen LogP contribution in [0.4, 0.5) is 0 Å². The Labute approximate surface area is 96.9 Å². The van der Waals surface area contributed by atoms with Gasteiger partial charge in [0.25, 0.3) is 0 Å². The van der Waals surface area contributed by atoms with Gasteiger partial charge in [0.05, 0.1) is 24.0 Å². The van der Waals surface area contributed by atoms with Gasteiger partial charge in [0.2, 0.25) is 0 Å². The van der Waals surface area contributed by atoms with Gasteiger partial charge in [0, 0.05) is 13.1 Å². The highest BCUT2D eigenvalue weighted by Gasteiger charge is 2.29. The van der Waals surface area contributed by atoms with Crippen molar-refractivity contribution in [3.63, 3.8) is 0 Å². The van der Waals surface area contributed by atoms with Crippen LogP contribution in [-0.4, -0.2) is 32.4 Å². The van der Waals surface area contributed by atoms with Crippen molar-refractivity contribution in [2.45, 2.75) is 45.4 Å². The molecule has 16 heavy (non-hydrogen) atoms. The zero-order valence-corrected chi connectivity index (χ0v) is 10.3. The van der Waals surface area contributed by atoms with Crippen molar-refractivity contribution < 1.29 is 5.11 Å². The molecule has 2 rings (SSSR count). The van der Waals surface area contributed by atoms with E-state index in [1.54, 1.807) is 4.68 Å². The Hall–Kier alpha value is -0.870. The first kappa shape index (κ1) is 11.6. The van der Waals surface area contributed by atoms with E-state index >= 15 is 0 Å². The van der Waals surface area contributed by atoms with Gasteiger partial charge in [-0.3, -0.25) is 9.58 Å². The summed E-state index contributed by atoms with van der Waals surface area (Å²) in [6.07, 6.45) is 2.42. The number of aromatic nitrogens is 2. The Morgan fingerprint density at radius 1 is 1.56 bits per heavy atom. The van der Waals surface area contributed by atoms with E-state index < -0.39 is 0 Å². The zero-order valence-electron chi connectivity index (χ0n) is 10.3. The fourth-order valence-corrected chi connectivity index (χ4v) is 2.57. The van der Waals surface area contributed by atoms with Crippen molar-refractivity contribution in [1.29, 1.82) is 0 Å². The summed E-state index contributed by atoms with van der Waals surface area (Å²) in [6.45, 7) is 5.69. The van der Waals surface area contributed by atoms with E-state index in [9.17, 15) is 5.11 Å². The minimum Gasteiger partial charge on any atom is -0.390 e. The highest BCUT2D eigenvalue weighted by Crippen LogP contribution is 2.32. The summed E-state index contributed by atoms with van der Waals surface area (Å²) >= 11 is 0. The smallest absolute Gasteiger partial charge is 0.0849 e. The van der Waals surface area contributed by atoms with E-state index in [-0.39, 0.29) is 6.61 Å². The fraction of sp³-hybridized carbons (Fsp3) is 0.750. The number of hydrogen-bond donors (Lipinski definition) is 1. The lowest BCUT2D eigenvalue weighted by Gasteiger charge is -2.26. The quantitative estimate of drug-likeness (QED) is 0.843. The molecule has 0 spiro atoms. The van der Waals surface area contributed by atoms with Gasteiger partial charge in [-0.2, -0.15) is 5.10 Å². The Balaban J connectivity index is 2.22. The Kier molecular flexibility index (Phi) is 3.30. The monoisotopic (exact) mass is 223 g/mol. The molecule has 1 atom stereocenters. The van der Waals surface area contributed by atoms with Crippen LogP contribution in [0.1, 0.15) is 44.1 Å². The summed E-state index contributed by atoms with van der Waals surface area (Å²) in [6, 6.07) is 3.03. The van der Waals surface area contributed by atoms with Gasteiger partial charge in [0.15, 0.2) is 0 Å². The molecule has 1 saturated heterocycles. The predicted molar refractivity (Wildman–Crippen MR) is 62.9 cm³/mol. The van der Waals surface area contributed by atoms with Crippen molar-refractivity contribution in [2.75, 3.05) is 6.54 Å². The molecule has 0 amide bonds. The molecule has 0 radical (unpaired) electrons. The van der Waals surface area contributed by atoms with E-state index in [2.05, 4.69) is 23.8 Å². The highest BCUT2D eigenvalue weighted by atomic mass is 16.3. The SMILES string of the molecule is CC(C)N1CCCC1c1cc(CO)n(C)n1. The van der Waals surface area contributed by atoms with Crippen LogP contribution in [-0.2, 0) is 13.7 Å². The average molecular weight is 223 g/mol. The van der Waals surface area contributed by atoms with Crippen LogP contribution in [0.3, 0.4) is 0 Å². The van der Waals surface area contributed by atoms with Crippen molar-refractivity contribution in [2.24, 2.45) is 7.05 Å². The second kappa shape index (κ2) is 4.55. The molecule has 4 nitrogen and oxygen atoms in total. The molecule has 1 aliphatic rings. The molecule has 0 saturated carbocycles. The minimum atomic E-state index is 0.0674. The molecular weight excluding hydrogens is 202 g/mol. The van der Waals surface area contributed by atoms with E-state index in [0.717, 1.165) is 17.9 Å². The lowest BCUT2D eigenvalue weighted by Crippen LogP contribution is -2.30. The molecule has 0 aromatic carbocycles. The third-order valence-corrected chi connectivity index (χ3v) is 3.46. The van der Waals surface area contributed by atoms with Gasteiger partial charge in [-0.05, 0) is 39.3 Å². The number of hydrogen-bond acceptors (Lipinski definition) is 3. The molecule has 90 valence electrons. The van der Waals surface area contributed by atoms with E-state index in [4.69, 9.17) is 0 Å². The number of nitrogens with zero attached hydrogens (tertiary/aromatic N) is 3. The predicted octanol–water partition coefficient (Wildman–Crippen LogP) is 1.46. The maximum absolute atomic E-state index is 9.18. The maximum Gasteiger partial charge on any atom is 0.0849 e. The van der Waals surface area contributed by atoms with E-state index in [1.165, 1.54) is 12.8 Å². The normalized spacial score (nSPS) is 22.2. The van der Waals surface area contributed by atoms with E-state index in [1.807, 2.05) is 13.1 Å². The number of aryl methyl sites for hydroxylation is 1. The first-order valence-electron chi connectivity index (χ1n) is 6.03. The van der Waals surface area contributed by atoms with Crippen molar-refractivity contribution in [3.8, 4) is 0 Å².